The summed E-state index contributed by atoms with van der Waals surface area (Å²) < 4.78 is 29.3. The van der Waals surface area contributed by atoms with Crippen molar-refractivity contribution >= 4 is 10.9 Å². The van der Waals surface area contributed by atoms with Crippen LogP contribution < -0.4 is 0 Å². The van der Waals surface area contributed by atoms with E-state index in [2.05, 4.69) is 4.98 Å². The van der Waals surface area contributed by atoms with Crippen LogP contribution in [0.15, 0.2) is 36.4 Å². The summed E-state index contributed by atoms with van der Waals surface area (Å²) in [7, 11) is 0. The molecule has 0 bridgehead atoms. The monoisotopic (exact) mass is 147 g/mol. The average molecular weight is 147 g/mol. The first-order valence-electron chi connectivity index (χ1n) is 5.35. The van der Waals surface area contributed by atoms with Gasteiger partial charge in [-0.25, -0.2) is 0 Å². The van der Waals surface area contributed by atoms with Gasteiger partial charge in [-0.15, -0.1) is 0 Å². The highest BCUT2D eigenvalue weighted by Crippen LogP contribution is 2.10. The summed E-state index contributed by atoms with van der Waals surface area (Å²) in [6, 6.07) is 8.67. The van der Waals surface area contributed by atoms with E-state index in [-0.39, 0.29) is 11.7 Å². The number of aryl methyl sites for hydroxylation is 1. The predicted molar refractivity (Wildman–Crippen MR) is 46.5 cm³/mol. The maximum absolute atomic E-state index is 7.59. The number of aromatic nitrogens is 1. The van der Waals surface area contributed by atoms with Crippen molar-refractivity contribution in [2.75, 3.05) is 0 Å². The Morgan fingerprint density at radius 2 is 2.27 bits per heavy atom. The van der Waals surface area contributed by atoms with Gasteiger partial charge in [-0.3, -0.25) is 4.98 Å². The number of para-hydroxylation sites is 1. The van der Waals surface area contributed by atoms with Gasteiger partial charge in [0.05, 0.1) is 6.89 Å². The lowest BCUT2D eigenvalue weighted by molar-refractivity contribution is 1.26. The number of rotatable bonds is 0. The molecule has 1 heterocycles. The minimum absolute atomic E-state index is 0.0336. The van der Waals surface area contributed by atoms with Crippen LogP contribution in [0.2, 0.25) is 0 Å². The van der Waals surface area contributed by atoms with Gasteiger partial charge in [0, 0.05) is 15.2 Å². The molecule has 1 aromatic carbocycles. The lowest BCUT2D eigenvalue weighted by Crippen LogP contribution is -1.80. The third-order valence-electron chi connectivity index (χ3n) is 1.53. The second-order valence-electron chi connectivity index (χ2n) is 2.31. The van der Waals surface area contributed by atoms with Crippen LogP contribution in [0.3, 0.4) is 0 Å². The Balaban J connectivity index is 2.73. The fourth-order valence-corrected chi connectivity index (χ4v) is 1.01. The molecule has 1 heteroatoms. The Hall–Kier alpha value is -1.37. The summed E-state index contributed by atoms with van der Waals surface area (Å²) in [6.45, 7) is -2.32. The van der Waals surface area contributed by atoms with Crippen molar-refractivity contribution in [3.63, 3.8) is 0 Å². The molecule has 0 atom stereocenters. The van der Waals surface area contributed by atoms with E-state index in [0.717, 1.165) is 5.39 Å². The summed E-state index contributed by atoms with van der Waals surface area (Å²) >= 11 is 0. The molecule has 11 heavy (non-hydrogen) atoms. The number of hydrogen-bond acceptors (Lipinski definition) is 1. The van der Waals surface area contributed by atoms with Crippen molar-refractivity contribution in [3.05, 3.63) is 42.1 Å². The maximum atomic E-state index is 7.59. The first-order chi connectivity index (χ1) is 6.98. The van der Waals surface area contributed by atoms with E-state index in [1.807, 2.05) is 12.1 Å². The van der Waals surface area contributed by atoms with Gasteiger partial charge < -0.3 is 0 Å². The van der Waals surface area contributed by atoms with Crippen LogP contribution in [0.1, 0.15) is 11.2 Å². The van der Waals surface area contributed by atoms with Crippen molar-refractivity contribution in [1.82, 2.24) is 4.98 Å². The molecular weight excluding hydrogens is 134 g/mol. The zero-order chi connectivity index (χ0) is 11.1. The van der Waals surface area contributed by atoms with Gasteiger partial charge in [0.2, 0.25) is 0 Å². The Kier molecular flexibility index (Phi) is 0.715. The molecule has 0 radical (unpaired) electrons. The van der Waals surface area contributed by atoms with Crippen LogP contribution in [-0.4, -0.2) is 4.98 Å². The number of fused-ring (bicyclic) bond motifs is 1. The van der Waals surface area contributed by atoms with Gasteiger partial charge in [0.15, 0.2) is 0 Å². The molecule has 0 spiro atoms. The van der Waals surface area contributed by atoms with Gasteiger partial charge in [-0.2, -0.15) is 0 Å². The highest BCUT2D eigenvalue weighted by Gasteiger charge is 1.90. The summed E-state index contributed by atoms with van der Waals surface area (Å²) in [4.78, 5) is 4.00. The highest BCUT2D eigenvalue weighted by molar-refractivity contribution is 5.78. The number of hydrogen-bond donors (Lipinski definition) is 0. The Bertz CT molecular complexity index is 504. The quantitative estimate of drug-likeness (QED) is 0.558. The third-order valence-corrected chi connectivity index (χ3v) is 1.53. The lowest BCUT2D eigenvalue weighted by atomic mass is 10.2. The minimum atomic E-state index is -2.32. The summed E-state index contributed by atoms with van der Waals surface area (Å²) in [6.07, 6.45) is 0. The Morgan fingerprint density at radius 1 is 1.36 bits per heavy atom. The number of pyridine rings is 1. The summed E-state index contributed by atoms with van der Waals surface area (Å²) in [5, 5.41) is 0.788. The largest absolute Gasteiger partial charge is 0.253 e. The van der Waals surface area contributed by atoms with E-state index in [4.69, 9.17) is 5.48 Å². The smallest absolute Gasteiger partial charge is 0.0705 e. The topological polar surface area (TPSA) is 12.9 Å². The molecule has 0 amide bonds. The van der Waals surface area contributed by atoms with Gasteiger partial charge >= 0.3 is 0 Å². The molecule has 0 aliphatic heterocycles. The molecule has 0 N–H and O–H groups in total. The standard InChI is InChI=1S/C10H9N/c1-8-6-7-9-4-2-3-5-10(9)11-8/h2-7H,1H3/i1D3,6D. The fourth-order valence-electron chi connectivity index (χ4n) is 1.01. The van der Waals surface area contributed by atoms with Crippen molar-refractivity contribution < 1.29 is 5.48 Å². The van der Waals surface area contributed by atoms with Crippen LogP contribution in [-0.2, 0) is 0 Å². The number of nitrogens with zero attached hydrogens (tertiary/aromatic N) is 1. The Morgan fingerprint density at radius 3 is 3.18 bits per heavy atom. The SMILES string of the molecule is [2H]c1cc2ccccc2nc1C([2H])([2H])[2H]. The van der Waals surface area contributed by atoms with E-state index in [1.165, 1.54) is 6.07 Å². The molecule has 1 nitrogen and oxygen atoms in total. The first kappa shape index (κ1) is 3.35. The molecule has 0 saturated carbocycles. The van der Waals surface area contributed by atoms with Gasteiger partial charge in [-0.05, 0) is 19.0 Å². The molecule has 54 valence electrons. The van der Waals surface area contributed by atoms with Crippen molar-refractivity contribution in [2.24, 2.45) is 0 Å². The highest BCUT2D eigenvalue weighted by atomic mass is 14.7. The lowest BCUT2D eigenvalue weighted by Gasteiger charge is -1.95. The zero-order valence-corrected chi connectivity index (χ0v) is 5.83. The van der Waals surface area contributed by atoms with Crippen LogP contribution in [0.4, 0.5) is 0 Å². The first-order valence-corrected chi connectivity index (χ1v) is 3.35. The molecule has 0 saturated heterocycles. The van der Waals surface area contributed by atoms with Gasteiger partial charge in [-0.1, -0.05) is 24.3 Å². The predicted octanol–water partition coefficient (Wildman–Crippen LogP) is 2.54. The number of benzene rings is 1. The second kappa shape index (κ2) is 2.35. The summed E-state index contributed by atoms with van der Waals surface area (Å²) in [5.41, 5.74) is 0.473. The zero-order valence-electron chi connectivity index (χ0n) is 9.83. The van der Waals surface area contributed by atoms with Crippen molar-refractivity contribution in [2.45, 2.75) is 6.85 Å². The van der Waals surface area contributed by atoms with E-state index in [0.29, 0.717) is 5.52 Å². The van der Waals surface area contributed by atoms with E-state index in [1.54, 1.807) is 12.1 Å². The van der Waals surface area contributed by atoms with Crippen LogP contribution >= 0.6 is 0 Å². The molecule has 1 aromatic heterocycles. The molecule has 0 fully saturated rings. The maximum Gasteiger partial charge on any atom is 0.0705 e. The normalized spacial score (nSPS) is 16.7. The molecule has 0 aliphatic carbocycles. The van der Waals surface area contributed by atoms with Crippen LogP contribution in [0.25, 0.3) is 10.9 Å². The van der Waals surface area contributed by atoms with Crippen LogP contribution in [0, 0.1) is 6.85 Å². The van der Waals surface area contributed by atoms with Crippen molar-refractivity contribution in [1.29, 1.82) is 0 Å². The minimum Gasteiger partial charge on any atom is -0.253 e. The molecule has 2 aromatic rings. The molecule has 0 aliphatic rings. The Labute approximate surface area is 71.3 Å². The van der Waals surface area contributed by atoms with Crippen molar-refractivity contribution in [3.8, 4) is 0 Å². The third kappa shape index (κ3) is 1.09. The van der Waals surface area contributed by atoms with E-state index in [9.17, 15) is 0 Å². The fraction of sp³-hybridized carbons (Fsp3) is 0.100. The van der Waals surface area contributed by atoms with Gasteiger partial charge in [0.1, 0.15) is 0 Å². The summed E-state index contributed by atoms with van der Waals surface area (Å²) in [5.74, 6) is 0. The van der Waals surface area contributed by atoms with Gasteiger partial charge in [0.25, 0.3) is 0 Å². The second-order valence-corrected chi connectivity index (χ2v) is 2.31. The average Bonchev–Trinajstić information content (AvgIpc) is 2.15. The molecular formula is C10H9N. The van der Waals surface area contributed by atoms with E-state index >= 15 is 0 Å². The van der Waals surface area contributed by atoms with Crippen LogP contribution in [0.5, 0.6) is 0 Å². The molecule has 2 rings (SSSR count). The molecule has 0 unspecified atom stereocenters. The van der Waals surface area contributed by atoms with E-state index < -0.39 is 6.85 Å².